The molecule has 2 heterocycles. The third kappa shape index (κ3) is 4.40. The molecule has 0 unspecified atom stereocenters. The van der Waals surface area contributed by atoms with Crippen molar-refractivity contribution in [2.45, 2.75) is 25.8 Å². The van der Waals surface area contributed by atoms with Crippen LogP contribution in [-0.4, -0.2) is 34.0 Å². The Labute approximate surface area is 229 Å². The van der Waals surface area contributed by atoms with Crippen LogP contribution in [0.15, 0.2) is 115 Å². The van der Waals surface area contributed by atoms with Crippen LogP contribution in [0.25, 0.3) is 0 Å². The maximum Gasteiger partial charge on any atom is 0.324 e. The molecule has 0 aliphatic carbocycles. The number of carbonyl (C=O) groups is 1. The topological polar surface area (TPSA) is 52.2 Å². The summed E-state index contributed by atoms with van der Waals surface area (Å²) in [7, 11) is 0. The van der Waals surface area contributed by atoms with Gasteiger partial charge in [0.15, 0.2) is 0 Å². The highest BCUT2D eigenvalue weighted by atomic mass is 16.2. The average molecular weight is 513 g/mol. The number of hydrogen-bond donors (Lipinski definition) is 1. The quantitative estimate of drug-likeness (QED) is 0.243. The van der Waals surface area contributed by atoms with Crippen LogP contribution in [-0.2, 0) is 12.0 Å². The first-order valence-corrected chi connectivity index (χ1v) is 13.4. The van der Waals surface area contributed by atoms with Crippen LogP contribution >= 0.6 is 0 Å². The summed E-state index contributed by atoms with van der Waals surface area (Å²) in [6.45, 7) is 5.89. The molecule has 1 aliphatic heterocycles. The molecule has 2 amide bonds. The van der Waals surface area contributed by atoms with E-state index in [0.717, 1.165) is 45.2 Å². The van der Waals surface area contributed by atoms with Crippen LogP contribution in [0, 0.1) is 13.8 Å². The predicted molar refractivity (Wildman–Crippen MR) is 156 cm³/mol. The Morgan fingerprint density at radius 1 is 0.744 bits per heavy atom. The molecule has 0 spiro atoms. The van der Waals surface area contributed by atoms with E-state index in [1.807, 2.05) is 40.1 Å². The van der Waals surface area contributed by atoms with Crippen LogP contribution in [0.2, 0.25) is 0 Å². The summed E-state index contributed by atoms with van der Waals surface area (Å²) in [4.78, 5) is 26.1. The van der Waals surface area contributed by atoms with Gasteiger partial charge in [-0.05, 0) is 48.2 Å². The lowest BCUT2D eigenvalue weighted by molar-refractivity contribution is 0.218. The van der Waals surface area contributed by atoms with Gasteiger partial charge in [0, 0.05) is 24.5 Å². The lowest BCUT2D eigenvalue weighted by atomic mass is 9.69. The zero-order valence-corrected chi connectivity index (χ0v) is 22.3. The average Bonchev–Trinajstić information content (AvgIpc) is 3.53. The molecule has 1 aliphatic rings. The van der Waals surface area contributed by atoms with Gasteiger partial charge in [0.2, 0.25) is 0 Å². The molecular weight excluding hydrogens is 480 g/mol. The van der Waals surface area contributed by atoms with Gasteiger partial charge in [0.25, 0.3) is 0 Å². The van der Waals surface area contributed by atoms with E-state index in [-0.39, 0.29) is 6.03 Å². The first-order valence-electron chi connectivity index (χ1n) is 13.4. The molecular formula is C34H32N4O. The van der Waals surface area contributed by atoms with Crippen molar-refractivity contribution >= 4 is 11.7 Å². The summed E-state index contributed by atoms with van der Waals surface area (Å²) in [5.74, 6) is 0.848. The summed E-state index contributed by atoms with van der Waals surface area (Å²) in [6.07, 6.45) is 0. The number of amides is 2. The number of aryl methyl sites for hydroxylation is 2. The number of nitrogens with one attached hydrogen (secondary N) is 1. The molecule has 5 aromatic rings. The van der Waals surface area contributed by atoms with Crippen LogP contribution in [0.4, 0.5) is 10.5 Å². The first kappa shape index (κ1) is 24.7. The van der Waals surface area contributed by atoms with Gasteiger partial charge in [-0.2, -0.15) is 0 Å². The van der Waals surface area contributed by atoms with Crippen LogP contribution in [0.3, 0.4) is 0 Å². The van der Waals surface area contributed by atoms with E-state index in [9.17, 15) is 4.79 Å². The molecule has 0 saturated carbocycles. The van der Waals surface area contributed by atoms with E-state index in [4.69, 9.17) is 4.98 Å². The van der Waals surface area contributed by atoms with Crippen LogP contribution in [0.5, 0.6) is 0 Å². The number of imidazole rings is 1. The van der Waals surface area contributed by atoms with E-state index in [1.165, 1.54) is 0 Å². The van der Waals surface area contributed by atoms with Crippen molar-refractivity contribution in [1.82, 2.24) is 14.9 Å². The number of benzene rings is 4. The molecule has 1 aromatic heterocycles. The minimum Gasteiger partial charge on any atom is -0.344 e. The lowest BCUT2D eigenvalue weighted by Gasteiger charge is -2.34. The minimum atomic E-state index is -0.643. The molecule has 39 heavy (non-hydrogen) atoms. The minimum absolute atomic E-state index is 0.0185. The fourth-order valence-corrected chi connectivity index (χ4v) is 5.75. The lowest BCUT2D eigenvalue weighted by Crippen LogP contribution is -2.33. The molecule has 5 nitrogen and oxygen atoms in total. The van der Waals surface area contributed by atoms with E-state index >= 15 is 0 Å². The third-order valence-corrected chi connectivity index (χ3v) is 7.71. The number of anilines is 1. The number of carbonyl (C=O) groups excluding carboxylic acids is 1. The van der Waals surface area contributed by atoms with Gasteiger partial charge in [-0.15, -0.1) is 0 Å². The smallest absolute Gasteiger partial charge is 0.324 e. The molecule has 4 aromatic carbocycles. The van der Waals surface area contributed by atoms with Crippen molar-refractivity contribution < 1.29 is 4.79 Å². The van der Waals surface area contributed by atoms with Gasteiger partial charge in [-0.25, -0.2) is 9.78 Å². The Morgan fingerprint density at radius 2 is 1.31 bits per heavy atom. The fraction of sp³-hybridized carbons (Fsp3) is 0.176. The first-order chi connectivity index (χ1) is 19.1. The Kier molecular flexibility index (Phi) is 6.49. The van der Waals surface area contributed by atoms with Gasteiger partial charge in [0.1, 0.15) is 11.2 Å². The standard InChI is InChI=1S/C34H32N4O/c1-25-13-12-20-30(23-25)38-22-21-37(33(38)39)24-31-26(2)35-32(36-31)34(27-14-6-3-7-15-27,28-16-8-4-9-17-28)29-18-10-5-11-19-29/h3-20,23H,21-22,24H2,1-2H3,(H,35,36). The van der Waals surface area contributed by atoms with Gasteiger partial charge in [-0.3, -0.25) is 4.90 Å². The summed E-state index contributed by atoms with van der Waals surface area (Å²) in [5, 5.41) is 0. The molecule has 1 N–H and O–H groups in total. The number of H-pyrrole nitrogens is 1. The number of rotatable bonds is 7. The maximum atomic E-state index is 13.4. The van der Waals surface area contributed by atoms with Crippen molar-refractivity contribution in [2.24, 2.45) is 0 Å². The second-order valence-corrected chi connectivity index (χ2v) is 10.2. The van der Waals surface area contributed by atoms with Gasteiger partial charge < -0.3 is 9.88 Å². The zero-order valence-electron chi connectivity index (χ0n) is 22.3. The Balaban J connectivity index is 1.42. The molecule has 0 radical (unpaired) electrons. The number of aromatic nitrogens is 2. The SMILES string of the molecule is Cc1cccc(N2CCN(Cc3nc(C(c4ccccc4)(c4ccccc4)c4ccccc4)[nH]c3C)C2=O)c1. The van der Waals surface area contributed by atoms with E-state index < -0.39 is 5.41 Å². The second kappa shape index (κ2) is 10.3. The molecule has 1 fully saturated rings. The fourth-order valence-electron chi connectivity index (χ4n) is 5.75. The monoisotopic (exact) mass is 512 g/mol. The normalized spacial score (nSPS) is 13.7. The molecule has 6 rings (SSSR count). The number of urea groups is 1. The van der Waals surface area contributed by atoms with Crippen molar-refractivity contribution in [3.05, 3.63) is 155 Å². The molecule has 1 saturated heterocycles. The number of nitrogens with zero attached hydrogens (tertiary/aromatic N) is 3. The molecule has 0 atom stereocenters. The Hall–Kier alpha value is -4.64. The highest BCUT2D eigenvalue weighted by molar-refractivity contribution is 5.94. The predicted octanol–water partition coefficient (Wildman–Crippen LogP) is 6.85. The maximum absolute atomic E-state index is 13.4. The third-order valence-electron chi connectivity index (χ3n) is 7.71. The van der Waals surface area contributed by atoms with Crippen molar-refractivity contribution in [3.8, 4) is 0 Å². The largest absolute Gasteiger partial charge is 0.344 e. The van der Waals surface area contributed by atoms with Crippen molar-refractivity contribution in [1.29, 1.82) is 0 Å². The van der Waals surface area contributed by atoms with E-state index in [1.54, 1.807) is 0 Å². The number of hydrogen-bond acceptors (Lipinski definition) is 2. The van der Waals surface area contributed by atoms with Crippen LogP contribution in [0.1, 0.15) is 39.5 Å². The molecule has 0 bridgehead atoms. The van der Waals surface area contributed by atoms with Crippen LogP contribution < -0.4 is 4.90 Å². The molecule has 194 valence electrons. The van der Waals surface area contributed by atoms with Gasteiger partial charge in [-0.1, -0.05) is 103 Å². The Bertz CT molecular complexity index is 1480. The Morgan fingerprint density at radius 3 is 1.85 bits per heavy atom. The van der Waals surface area contributed by atoms with Crippen molar-refractivity contribution in [2.75, 3.05) is 18.0 Å². The van der Waals surface area contributed by atoms with E-state index in [2.05, 4.69) is 104 Å². The summed E-state index contributed by atoms with van der Waals surface area (Å²) < 4.78 is 0. The van der Waals surface area contributed by atoms with E-state index in [0.29, 0.717) is 19.6 Å². The van der Waals surface area contributed by atoms with Gasteiger partial charge >= 0.3 is 6.03 Å². The highest BCUT2D eigenvalue weighted by Gasteiger charge is 2.41. The summed E-state index contributed by atoms with van der Waals surface area (Å²) in [6, 6.07) is 39.7. The van der Waals surface area contributed by atoms with Gasteiger partial charge in [0.05, 0.1) is 12.2 Å². The zero-order chi connectivity index (χ0) is 26.8. The highest BCUT2D eigenvalue weighted by Crippen LogP contribution is 2.44. The molecule has 5 heteroatoms. The summed E-state index contributed by atoms with van der Waals surface area (Å²) >= 11 is 0. The second-order valence-electron chi connectivity index (χ2n) is 10.2. The summed E-state index contributed by atoms with van der Waals surface area (Å²) in [5.41, 5.74) is 6.69. The van der Waals surface area contributed by atoms with Crippen molar-refractivity contribution in [3.63, 3.8) is 0 Å². The number of aromatic amines is 1.